The fourth-order valence-electron chi connectivity index (χ4n) is 4.43. The van der Waals surface area contributed by atoms with Crippen molar-refractivity contribution >= 4 is 28.3 Å². The van der Waals surface area contributed by atoms with Gasteiger partial charge in [0.25, 0.3) is 0 Å². The second-order valence-corrected chi connectivity index (χ2v) is 8.73. The van der Waals surface area contributed by atoms with Gasteiger partial charge in [0.2, 0.25) is 11.8 Å². The van der Waals surface area contributed by atoms with Crippen LogP contribution in [0.1, 0.15) is 12.0 Å². The molecule has 166 valence electrons. The lowest BCUT2D eigenvalue weighted by Crippen LogP contribution is -2.48. The minimum atomic E-state index is -0.348. The van der Waals surface area contributed by atoms with Gasteiger partial charge in [-0.15, -0.1) is 0 Å². The second-order valence-electron chi connectivity index (χ2n) is 8.73. The highest BCUT2D eigenvalue weighted by Crippen LogP contribution is 2.27. The molecule has 0 spiro atoms. The maximum Gasteiger partial charge on any atom is 0.228 e. The summed E-state index contributed by atoms with van der Waals surface area (Å²) in [5.74, 6) is -1.03. The molecule has 1 heterocycles. The molecule has 0 unspecified atom stereocenters. The number of carbonyl (C=O) groups is 2. The number of benzene rings is 3. The van der Waals surface area contributed by atoms with Crippen LogP contribution in [0.3, 0.4) is 0 Å². The number of amides is 2. The van der Waals surface area contributed by atoms with E-state index in [0.29, 0.717) is 31.7 Å². The molecular formula is C26H28FN3O2. The van der Waals surface area contributed by atoms with Gasteiger partial charge < -0.3 is 10.2 Å². The van der Waals surface area contributed by atoms with E-state index in [1.165, 1.54) is 22.9 Å². The highest BCUT2D eigenvalue weighted by Gasteiger charge is 2.35. The molecule has 32 heavy (non-hydrogen) atoms. The molecule has 0 saturated carbocycles. The summed E-state index contributed by atoms with van der Waals surface area (Å²) < 4.78 is 13.2. The molecule has 4 rings (SSSR count). The van der Waals surface area contributed by atoms with Crippen LogP contribution in [0.2, 0.25) is 0 Å². The number of piperidine rings is 1. The maximum absolute atomic E-state index is 13.2. The Morgan fingerprint density at radius 2 is 1.66 bits per heavy atom. The zero-order chi connectivity index (χ0) is 22.7. The molecule has 0 radical (unpaired) electrons. The number of nitrogens with one attached hydrogen (secondary N) is 1. The SMILES string of the molecule is CN(C)C(=O)[C@H]1C[C@@H](C(=O)Nc2ccc(F)cc2)CN(Cc2ccc3ccccc3c2)C1. The first-order valence-electron chi connectivity index (χ1n) is 10.9. The largest absolute Gasteiger partial charge is 0.349 e. The van der Waals surface area contributed by atoms with E-state index in [2.05, 4.69) is 40.5 Å². The van der Waals surface area contributed by atoms with E-state index in [-0.39, 0.29) is 29.5 Å². The number of fused-ring (bicyclic) bond motifs is 1. The monoisotopic (exact) mass is 433 g/mol. The van der Waals surface area contributed by atoms with Crippen molar-refractivity contribution in [1.82, 2.24) is 9.80 Å². The van der Waals surface area contributed by atoms with Crippen molar-refractivity contribution < 1.29 is 14.0 Å². The Balaban J connectivity index is 1.51. The van der Waals surface area contributed by atoms with E-state index in [0.717, 1.165) is 5.56 Å². The molecule has 0 aromatic heterocycles. The Morgan fingerprint density at radius 1 is 0.969 bits per heavy atom. The van der Waals surface area contributed by atoms with E-state index in [4.69, 9.17) is 0 Å². The molecule has 6 heteroatoms. The molecule has 0 aliphatic carbocycles. The number of likely N-dealkylation sites (tertiary alicyclic amines) is 1. The van der Waals surface area contributed by atoms with Crippen molar-refractivity contribution in [3.05, 3.63) is 78.1 Å². The average Bonchev–Trinajstić information content (AvgIpc) is 2.79. The molecule has 5 nitrogen and oxygen atoms in total. The van der Waals surface area contributed by atoms with Crippen LogP contribution in [0.4, 0.5) is 10.1 Å². The van der Waals surface area contributed by atoms with Crippen LogP contribution in [0, 0.1) is 17.7 Å². The summed E-state index contributed by atoms with van der Waals surface area (Å²) >= 11 is 0. The number of nitrogens with zero attached hydrogens (tertiary/aromatic N) is 2. The van der Waals surface area contributed by atoms with Crippen molar-refractivity contribution in [2.75, 3.05) is 32.5 Å². The zero-order valence-corrected chi connectivity index (χ0v) is 18.4. The molecule has 1 saturated heterocycles. The van der Waals surface area contributed by atoms with Gasteiger partial charge in [0, 0.05) is 39.4 Å². The predicted molar refractivity (Wildman–Crippen MR) is 125 cm³/mol. The van der Waals surface area contributed by atoms with E-state index < -0.39 is 0 Å². The zero-order valence-electron chi connectivity index (χ0n) is 18.4. The number of carbonyl (C=O) groups excluding carboxylic acids is 2. The minimum absolute atomic E-state index is 0.0350. The number of halogens is 1. The first-order valence-corrected chi connectivity index (χ1v) is 10.9. The van der Waals surface area contributed by atoms with Crippen molar-refractivity contribution in [2.45, 2.75) is 13.0 Å². The molecule has 3 aromatic rings. The molecule has 2 atom stereocenters. The molecule has 2 amide bonds. The lowest BCUT2D eigenvalue weighted by Gasteiger charge is -2.37. The van der Waals surface area contributed by atoms with E-state index >= 15 is 0 Å². The van der Waals surface area contributed by atoms with E-state index in [9.17, 15) is 14.0 Å². The van der Waals surface area contributed by atoms with Gasteiger partial charge in [0.1, 0.15) is 5.82 Å². The highest BCUT2D eigenvalue weighted by molar-refractivity contribution is 5.93. The van der Waals surface area contributed by atoms with E-state index in [1.54, 1.807) is 31.1 Å². The third kappa shape index (κ3) is 5.14. The predicted octanol–water partition coefficient (Wildman–Crippen LogP) is 4.14. The van der Waals surface area contributed by atoms with Gasteiger partial charge in [-0.2, -0.15) is 0 Å². The first kappa shape index (κ1) is 22.0. The van der Waals surface area contributed by atoms with Crippen LogP contribution in [-0.2, 0) is 16.1 Å². The van der Waals surface area contributed by atoms with Crippen molar-refractivity contribution in [1.29, 1.82) is 0 Å². The molecule has 1 fully saturated rings. The Morgan fingerprint density at radius 3 is 2.38 bits per heavy atom. The summed E-state index contributed by atoms with van der Waals surface area (Å²) in [6.45, 7) is 1.85. The smallest absolute Gasteiger partial charge is 0.228 e. The standard InChI is InChI=1S/C26H28FN3O2/c1-29(2)26(32)22-14-21(25(31)28-24-11-9-23(27)10-12-24)16-30(17-22)15-18-7-8-19-5-3-4-6-20(19)13-18/h3-13,21-22H,14-17H2,1-2H3,(H,28,31)/t21-,22+/m1/s1. The Kier molecular flexibility index (Phi) is 6.51. The summed E-state index contributed by atoms with van der Waals surface area (Å²) in [7, 11) is 3.50. The normalized spacial score (nSPS) is 19.0. The summed E-state index contributed by atoms with van der Waals surface area (Å²) in [5, 5.41) is 5.24. The fraction of sp³-hybridized carbons (Fsp3) is 0.308. The quantitative estimate of drug-likeness (QED) is 0.658. The van der Waals surface area contributed by atoms with Gasteiger partial charge in [-0.1, -0.05) is 36.4 Å². The van der Waals surface area contributed by atoms with Crippen LogP contribution >= 0.6 is 0 Å². The number of hydrogen-bond acceptors (Lipinski definition) is 3. The van der Waals surface area contributed by atoms with Crippen molar-refractivity contribution in [3.63, 3.8) is 0 Å². The number of hydrogen-bond donors (Lipinski definition) is 1. The second kappa shape index (κ2) is 9.49. The van der Waals surface area contributed by atoms with Gasteiger partial charge in [-0.25, -0.2) is 4.39 Å². The lowest BCUT2D eigenvalue weighted by atomic mass is 9.87. The fourth-order valence-corrected chi connectivity index (χ4v) is 4.43. The molecule has 3 aromatic carbocycles. The minimum Gasteiger partial charge on any atom is -0.349 e. The van der Waals surface area contributed by atoms with Gasteiger partial charge in [0.15, 0.2) is 0 Å². The Bertz CT molecular complexity index is 1110. The molecule has 1 aliphatic rings. The average molecular weight is 434 g/mol. The van der Waals surface area contributed by atoms with Crippen LogP contribution < -0.4 is 5.32 Å². The van der Waals surface area contributed by atoms with Crippen LogP contribution in [0.5, 0.6) is 0 Å². The summed E-state index contributed by atoms with van der Waals surface area (Å²) in [6, 6.07) is 20.3. The van der Waals surface area contributed by atoms with Crippen LogP contribution in [-0.4, -0.2) is 48.8 Å². The number of anilines is 1. The summed E-state index contributed by atoms with van der Waals surface area (Å²) in [5.41, 5.74) is 1.71. The number of rotatable bonds is 5. The first-order chi connectivity index (χ1) is 15.4. The van der Waals surface area contributed by atoms with Gasteiger partial charge >= 0.3 is 0 Å². The lowest BCUT2D eigenvalue weighted by molar-refractivity contribution is -0.137. The molecule has 1 aliphatic heterocycles. The molecular weight excluding hydrogens is 405 g/mol. The van der Waals surface area contributed by atoms with E-state index in [1.807, 2.05) is 12.1 Å². The topological polar surface area (TPSA) is 52.7 Å². The Labute approximate surface area is 187 Å². The van der Waals surface area contributed by atoms with Crippen LogP contribution in [0.15, 0.2) is 66.7 Å². The summed E-state index contributed by atoms with van der Waals surface area (Å²) in [6.07, 6.45) is 0.498. The third-order valence-electron chi connectivity index (χ3n) is 6.02. The van der Waals surface area contributed by atoms with Crippen molar-refractivity contribution in [2.24, 2.45) is 11.8 Å². The van der Waals surface area contributed by atoms with Crippen molar-refractivity contribution in [3.8, 4) is 0 Å². The third-order valence-corrected chi connectivity index (χ3v) is 6.02. The van der Waals surface area contributed by atoms with Gasteiger partial charge in [-0.3, -0.25) is 14.5 Å². The van der Waals surface area contributed by atoms with Gasteiger partial charge in [-0.05, 0) is 53.1 Å². The van der Waals surface area contributed by atoms with Crippen LogP contribution in [0.25, 0.3) is 10.8 Å². The molecule has 1 N–H and O–H groups in total. The maximum atomic E-state index is 13.2. The van der Waals surface area contributed by atoms with Gasteiger partial charge in [0.05, 0.1) is 11.8 Å². The molecule has 0 bridgehead atoms. The highest BCUT2D eigenvalue weighted by atomic mass is 19.1. The Hall–Kier alpha value is -3.25. The summed E-state index contributed by atoms with van der Waals surface area (Å²) in [4.78, 5) is 29.6.